The van der Waals surface area contributed by atoms with Gasteiger partial charge >= 0.3 is 0 Å². The Balaban J connectivity index is 1.21. The highest BCUT2D eigenvalue weighted by molar-refractivity contribution is 5.93. The van der Waals surface area contributed by atoms with Gasteiger partial charge in [-0.05, 0) is 48.2 Å². The van der Waals surface area contributed by atoms with Crippen LogP contribution < -0.4 is 15.5 Å². The number of anilines is 2. The lowest BCUT2D eigenvalue weighted by Gasteiger charge is -2.46. The van der Waals surface area contributed by atoms with Gasteiger partial charge in [0.2, 0.25) is 11.8 Å². The molecule has 0 radical (unpaired) electrons. The zero-order valence-corrected chi connectivity index (χ0v) is 24.7. The van der Waals surface area contributed by atoms with Crippen molar-refractivity contribution in [2.75, 3.05) is 36.5 Å². The van der Waals surface area contributed by atoms with Crippen LogP contribution in [0.5, 0.6) is 0 Å². The van der Waals surface area contributed by atoms with Gasteiger partial charge in [0, 0.05) is 49.4 Å². The number of hydrogen-bond acceptors (Lipinski definition) is 7. The zero-order valence-electron chi connectivity index (χ0n) is 24.7. The standard InChI is InChI=1S/C34H40N4O5/c1-23-30(20-37-17-15-34(16-18-37)33(41)35-22-38(34)29-9-4-3-5-10-29)42-32(27-7-6-8-28(19-27)36-24(2)40)43-31(23)26-13-11-25(21-39)12-14-26/h3-14,19,23,30-32,39H,15-18,20-22H2,1-2H3,(H,35,41)(H,36,40)/t23-,30+,31+,32+/m0/s1. The van der Waals surface area contributed by atoms with Crippen molar-refractivity contribution in [1.29, 1.82) is 0 Å². The highest BCUT2D eigenvalue weighted by Crippen LogP contribution is 2.43. The number of piperidine rings is 1. The summed E-state index contributed by atoms with van der Waals surface area (Å²) >= 11 is 0. The van der Waals surface area contributed by atoms with Gasteiger partial charge in [-0.15, -0.1) is 0 Å². The number of amides is 2. The van der Waals surface area contributed by atoms with Crippen LogP contribution in [0.15, 0.2) is 78.9 Å². The molecule has 0 bridgehead atoms. The predicted molar refractivity (Wildman–Crippen MR) is 164 cm³/mol. The van der Waals surface area contributed by atoms with Crippen LogP contribution in [-0.4, -0.2) is 59.8 Å². The van der Waals surface area contributed by atoms with E-state index >= 15 is 0 Å². The Kier molecular flexibility index (Phi) is 8.50. The van der Waals surface area contributed by atoms with Crippen LogP contribution in [0.1, 0.15) is 55.8 Å². The van der Waals surface area contributed by atoms with Crippen molar-refractivity contribution in [3.63, 3.8) is 0 Å². The van der Waals surface area contributed by atoms with Crippen LogP contribution in [0, 0.1) is 5.92 Å². The van der Waals surface area contributed by atoms with Gasteiger partial charge in [-0.3, -0.25) is 9.59 Å². The van der Waals surface area contributed by atoms with Gasteiger partial charge in [-0.25, -0.2) is 0 Å². The second kappa shape index (κ2) is 12.5. The van der Waals surface area contributed by atoms with E-state index < -0.39 is 11.8 Å². The first-order valence-electron chi connectivity index (χ1n) is 15.1. The van der Waals surface area contributed by atoms with Crippen LogP contribution in [-0.2, 0) is 25.7 Å². The molecule has 3 saturated heterocycles. The number of benzene rings is 3. The summed E-state index contributed by atoms with van der Waals surface area (Å²) in [6.45, 7) is 6.43. The number of aliphatic hydroxyl groups is 1. The highest BCUT2D eigenvalue weighted by atomic mass is 16.7. The van der Waals surface area contributed by atoms with E-state index in [4.69, 9.17) is 9.47 Å². The van der Waals surface area contributed by atoms with Crippen molar-refractivity contribution < 1.29 is 24.2 Å². The molecule has 0 aromatic heterocycles. The third kappa shape index (κ3) is 6.03. The van der Waals surface area contributed by atoms with Gasteiger partial charge in [-0.1, -0.05) is 61.5 Å². The Morgan fingerprint density at radius 2 is 1.74 bits per heavy atom. The summed E-state index contributed by atoms with van der Waals surface area (Å²) in [4.78, 5) is 29.5. The molecule has 0 unspecified atom stereocenters. The maximum absolute atomic E-state index is 13.2. The second-order valence-corrected chi connectivity index (χ2v) is 11.9. The summed E-state index contributed by atoms with van der Waals surface area (Å²) in [6, 6.07) is 25.6. The van der Waals surface area contributed by atoms with Gasteiger partial charge in [0.1, 0.15) is 5.54 Å². The maximum Gasteiger partial charge on any atom is 0.247 e. The van der Waals surface area contributed by atoms with E-state index in [9.17, 15) is 14.7 Å². The fourth-order valence-corrected chi connectivity index (χ4v) is 6.69. The molecule has 3 aromatic carbocycles. The SMILES string of the molecule is CC(=O)Nc1cccc([C@@H]2O[C@H](CN3CCC4(CC3)C(=O)NCN4c3ccccc3)[C@H](C)[C@H](c3ccc(CO)cc3)O2)c1. The molecule has 9 heteroatoms. The smallest absolute Gasteiger partial charge is 0.247 e. The van der Waals surface area contributed by atoms with Gasteiger partial charge < -0.3 is 35.0 Å². The van der Waals surface area contributed by atoms with Crippen molar-refractivity contribution >= 4 is 23.2 Å². The van der Waals surface area contributed by atoms with Crippen LogP contribution >= 0.6 is 0 Å². The molecule has 0 aliphatic carbocycles. The number of aliphatic hydroxyl groups excluding tert-OH is 1. The Morgan fingerprint density at radius 3 is 2.44 bits per heavy atom. The molecule has 4 atom stereocenters. The number of para-hydroxylation sites is 1. The van der Waals surface area contributed by atoms with Crippen LogP contribution in [0.3, 0.4) is 0 Å². The van der Waals surface area contributed by atoms with Gasteiger partial charge in [-0.2, -0.15) is 0 Å². The first-order valence-corrected chi connectivity index (χ1v) is 15.1. The number of carbonyl (C=O) groups excluding carboxylic acids is 2. The fraction of sp³-hybridized carbons (Fsp3) is 0.412. The quantitative estimate of drug-likeness (QED) is 0.379. The van der Waals surface area contributed by atoms with Crippen molar-refractivity contribution in [1.82, 2.24) is 10.2 Å². The molecule has 0 saturated carbocycles. The number of ether oxygens (including phenoxy) is 2. The Hall–Kier alpha value is -3.76. The van der Waals surface area contributed by atoms with E-state index in [2.05, 4.69) is 39.5 Å². The average Bonchev–Trinajstić information content (AvgIpc) is 3.34. The monoisotopic (exact) mass is 584 g/mol. The molecular weight excluding hydrogens is 544 g/mol. The highest BCUT2D eigenvalue weighted by Gasteiger charge is 2.51. The predicted octanol–water partition coefficient (Wildman–Crippen LogP) is 4.36. The minimum Gasteiger partial charge on any atom is -0.392 e. The van der Waals surface area contributed by atoms with Crippen molar-refractivity contribution in [2.45, 2.75) is 57.3 Å². The lowest BCUT2D eigenvalue weighted by atomic mass is 9.84. The van der Waals surface area contributed by atoms with Crippen LogP contribution in [0.4, 0.5) is 11.4 Å². The van der Waals surface area contributed by atoms with Crippen molar-refractivity contribution in [3.05, 3.63) is 95.6 Å². The lowest BCUT2D eigenvalue weighted by molar-refractivity contribution is -0.276. The van der Waals surface area contributed by atoms with E-state index in [0.29, 0.717) is 18.9 Å². The summed E-state index contributed by atoms with van der Waals surface area (Å²) in [6.07, 6.45) is 0.482. The van der Waals surface area contributed by atoms with E-state index in [0.717, 1.165) is 48.3 Å². The van der Waals surface area contributed by atoms with Gasteiger partial charge in [0.05, 0.1) is 25.5 Å². The zero-order chi connectivity index (χ0) is 30.0. The number of carbonyl (C=O) groups is 2. The van der Waals surface area contributed by atoms with Gasteiger partial charge in [0.15, 0.2) is 6.29 Å². The second-order valence-electron chi connectivity index (χ2n) is 11.9. The average molecular weight is 585 g/mol. The molecular formula is C34H40N4O5. The minimum atomic E-state index is -0.622. The topological polar surface area (TPSA) is 103 Å². The molecule has 3 aromatic rings. The molecule has 226 valence electrons. The first-order chi connectivity index (χ1) is 20.9. The minimum absolute atomic E-state index is 0.0121. The lowest BCUT2D eigenvalue weighted by Crippen LogP contribution is -2.57. The Bertz CT molecular complexity index is 1420. The molecule has 3 aliphatic rings. The number of hydrogen-bond donors (Lipinski definition) is 3. The normalized spacial score (nSPS) is 25.5. The largest absolute Gasteiger partial charge is 0.392 e. The van der Waals surface area contributed by atoms with E-state index in [1.807, 2.05) is 66.7 Å². The van der Waals surface area contributed by atoms with E-state index in [-0.39, 0.29) is 36.5 Å². The molecule has 9 nitrogen and oxygen atoms in total. The molecule has 43 heavy (non-hydrogen) atoms. The molecule has 6 rings (SSSR count). The first kappa shape index (κ1) is 29.3. The number of nitrogens with one attached hydrogen (secondary N) is 2. The van der Waals surface area contributed by atoms with E-state index in [1.54, 1.807) is 0 Å². The Labute approximate surface area is 252 Å². The Morgan fingerprint density at radius 1 is 1.00 bits per heavy atom. The summed E-state index contributed by atoms with van der Waals surface area (Å²) in [5.41, 5.74) is 3.93. The number of nitrogens with zero attached hydrogens (tertiary/aromatic N) is 2. The number of likely N-dealkylation sites (tertiary alicyclic amines) is 1. The molecule has 3 N–H and O–H groups in total. The molecule has 3 aliphatic heterocycles. The summed E-state index contributed by atoms with van der Waals surface area (Å²) in [5, 5.41) is 15.5. The summed E-state index contributed by atoms with van der Waals surface area (Å²) < 4.78 is 13.3. The molecule has 3 fully saturated rings. The van der Waals surface area contributed by atoms with E-state index in [1.165, 1.54) is 6.92 Å². The molecule has 3 heterocycles. The molecule has 2 amide bonds. The van der Waals surface area contributed by atoms with Crippen LogP contribution in [0.2, 0.25) is 0 Å². The van der Waals surface area contributed by atoms with Gasteiger partial charge in [0.25, 0.3) is 0 Å². The fourth-order valence-electron chi connectivity index (χ4n) is 6.69. The third-order valence-corrected chi connectivity index (χ3v) is 9.13. The summed E-state index contributed by atoms with van der Waals surface area (Å²) in [5.74, 6) is 0.0130. The third-order valence-electron chi connectivity index (χ3n) is 9.13. The number of rotatable bonds is 7. The van der Waals surface area contributed by atoms with Crippen molar-refractivity contribution in [2.24, 2.45) is 5.92 Å². The maximum atomic E-state index is 13.2. The van der Waals surface area contributed by atoms with Crippen LogP contribution in [0.25, 0.3) is 0 Å². The summed E-state index contributed by atoms with van der Waals surface area (Å²) in [7, 11) is 0. The van der Waals surface area contributed by atoms with Crippen molar-refractivity contribution in [3.8, 4) is 0 Å². The molecule has 1 spiro atoms.